The van der Waals surface area contributed by atoms with Crippen molar-refractivity contribution < 1.29 is 4.79 Å². The number of hydrogen-bond acceptors (Lipinski definition) is 1. The minimum Gasteiger partial charge on any atom is -0.279 e. The number of benzene rings is 2. The van der Waals surface area contributed by atoms with Crippen LogP contribution in [0.25, 0.3) is 10.8 Å². The maximum Gasteiger partial charge on any atom is 0.236 e. The zero-order valence-electron chi connectivity index (χ0n) is 10.9. The second-order valence-electron chi connectivity index (χ2n) is 5.36. The van der Waals surface area contributed by atoms with Gasteiger partial charge in [-0.1, -0.05) is 42.3 Å². The Morgan fingerprint density at radius 3 is 2.39 bits per heavy atom. The highest BCUT2D eigenvalue weighted by Gasteiger charge is 2.09. The quantitative estimate of drug-likeness (QED) is 0.414. The zero-order valence-corrected chi connectivity index (χ0v) is 10.9. The molecule has 18 heavy (non-hydrogen) atoms. The second kappa shape index (κ2) is 4.66. The molecule has 0 aliphatic rings. The van der Waals surface area contributed by atoms with Crippen molar-refractivity contribution in [2.75, 3.05) is 0 Å². The van der Waals surface area contributed by atoms with Crippen LogP contribution in [0.2, 0.25) is 0 Å². The van der Waals surface area contributed by atoms with Crippen LogP contribution < -0.4 is 0 Å². The molecule has 0 unspecified atom stereocenters. The summed E-state index contributed by atoms with van der Waals surface area (Å²) >= 11 is 0. The Balaban J connectivity index is 2.48. The lowest BCUT2D eigenvalue weighted by Gasteiger charge is -2.07. The van der Waals surface area contributed by atoms with Gasteiger partial charge in [-0.25, -0.2) is 0 Å². The number of Topliss-reactive ketones (excluding diaryl/α,β-unsaturated/α-hetero) is 1. The lowest BCUT2D eigenvalue weighted by Crippen LogP contribution is -2.02. The molecular weight excluding hydrogens is 220 g/mol. The summed E-state index contributed by atoms with van der Waals surface area (Å²) in [6, 6.07) is 13.6. The molecule has 0 aliphatic carbocycles. The first-order valence-corrected chi connectivity index (χ1v) is 6.03. The van der Waals surface area contributed by atoms with Crippen LogP contribution in [0.15, 0.2) is 42.5 Å². The van der Waals surface area contributed by atoms with Crippen LogP contribution in [0.1, 0.15) is 31.1 Å². The maximum absolute atomic E-state index is 12.1. The van der Waals surface area contributed by atoms with E-state index in [0.717, 1.165) is 10.8 Å². The van der Waals surface area contributed by atoms with E-state index in [1.165, 1.54) is 0 Å². The Kier molecular flexibility index (Phi) is 3.21. The van der Waals surface area contributed by atoms with Gasteiger partial charge in [0.1, 0.15) is 0 Å². The Bertz CT molecular complexity index is 643. The third-order valence-electron chi connectivity index (χ3n) is 2.59. The molecule has 0 N–H and O–H groups in total. The van der Waals surface area contributed by atoms with Gasteiger partial charge in [-0.3, -0.25) is 4.79 Å². The van der Waals surface area contributed by atoms with Crippen LogP contribution in [0.3, 0.4) is 0 Å². The summed E-state index contributed by atoms with van der Waals surface area (Å²) in [7, 11) is 0. The largest absolute Gasteiger partial charge is 0.279 e. The predicted molar refractivity (Wildman–Crippen MR) is 75.5 cm³/mol. The molecule has 0 saturated carbocycles. The third kappa shape index (κ3) is 2.78. The van der Waals surface area contributed by atoms with Crippen LogP contribution in [0.4, 0.5) is 0 Å². The van der Waals surface area contributed by atoms with Gasteiger partial charge in [0.25, 0.3) is 0 Å². The molecule has 2 aromatic rings. The molecule has 0 heterocycles. The summed E-state index contributed by atoms with van der Waals surface area (Å²) < 4.78 is 0. The van der Waals surface area contributed by atoms with Crippen molar-refractivity contribution in [3.8, 4) is 11.8 Å². The summed E-state index contributed by atoms with van der Waals surface area (Å²) in [6.07, 6.45) is 0. The number of hydrogen-bond donors (Lipinski definition) is 0. The van der Waals surface area contributed by atoms with E-state index in [9.17, 15) is 4.79 Å². The van der Waals surface area contributed by atoms with Crippen molar-refractivity contribution in [2.24, 2.45) is 5.41 Å². The summed E-state index contributed by atoms with van der Waals surface area (Å²) in [6.45, 7) is 5.99. The average Bonchev–Trinajstić information content (AvgIpc) is 2.34. The molecule has 0 amide bonds. The number of rotatable bonds is 1. The molecule has 2 aromatic carbocycles. The highest BCUT2D eigenvalue weighted by Crippen LogP contribution is 2.19. The monoisotopic (exact) mass is 236 g/mol. The molecule has 0 bridgehead atoms. The Hall–Kier alpha value is -2.07. The van der Waals surface area contributed by atoms with E-state index < -0.39 is 0 Å². The molecule has 1 heteroatoms. The van der Waals surface area contributed by atoms with Crippen LogP contribution in [0, 0.1) is 17.3 Å². The van der Waals surface area contributed by atoms with Crippen molar-refractivity contribution >= 4 is 16.6 Å². The smallest absolute Gasteiger partial charge is 0.236 e. The number of fused-ring (bicyclic) bond motifs is 1. The highest BCUT2D eigenvalue weighted by atomic mass is 16.1. The highest BCUT2D eigenvalue weighted by molar-refractivity contribution is 6.16. The van der Waals surface area contributed by atoms with Gasteiger partial charge >= 0.3 is 0 Å². The number of carbonyl (C=O) groups excluding carboxylic acids is 1. The fraction of sp³-hybridized carbons (Fsp3) is 0.235. The molecule has 0 radical (unpaired) electrons. The SMILES string of the molecule is CC(C)(C)C#CC(=O)c1cccc2ccccc12. The Morgan fingerprint density at radius 2 is 1.67 bits per heavy atom. The minimum atomic E-state index is -0.153. The van der Waals surface area contributed by atoms with E-state index >= 15 is 0 Å². The molecule has 0 fully saturated rings. The lowest BCUT2D eigenvalue weighted by molar-refractivity contribution is 0.105. The van der Waals surface area contributed by atoms with E-state index in [1.54, 1.807) is 0 Å². The normalized spacial score (nSPS) is 10.8. The van der Waals surface area contributed by atoms with Crippen molar-refractivity contribution in [3.63, 3.8) is 0 Å². The second-order valence-corrected chi connectivity index (χ2v) is 5.36. The first-order valence-electron chi connectivity index (χ1n) is 6.03. The maximum atomic E-state index is 12.1. The van der Waals surface area contributed by atoms with Crippen LogP contribution in [-0.2, 0) is 0 Å². The molecule has 0 atom stereocenters. The molecule has 2 rings (SSSR count). The van der Waals surface area contributed by atoms with Crippen molar-refractivity contribution in [1.29, 1.82) is 0 Å². The standard InChI is InChI=1S/C17H16O/c1-17(2,3)12-11-16(18)15-10-6-8-13-7-4-5-9-14(13)15/h4-10H,1-3H3. The van der Waals surface area contributed by atoms with Crippen molar-refractivity contribution in [1.82, 2.24) is 0 Å². The van der Waals surface area contributed by atoms with Gasteiger partial charge < -0.3 is 0 Å². The van der Waals surface area contributed by atoms with Gasteiger partial charge in [0, 0.05) is 11.0 Å². The van der Waals surface area contributed by atoms with Crippen LogP contribution in [0.5, 0.6) is 0 Å². The molecule has 90 valence electrons. The molecule has 0 saturated heterocycles. The van der Waals surface area contributed by atoms with Gasteiger partial charge in [0.2, 0.25) is 5.78 Å². The molecule has 0 aromatic heterocycles. The van der Waals surface area contributed by atoms with Crippen LogP contribution in [-0.4, -0.2) is 5.78 Å². The average molecular weight is 236 g/mol. The summed E-state index contributed by atoms with van der Waals surface area (Å²) in [4.78, 5) is 12.1. The van der Waals surface area contributed by atoms with Crippen molar-refractivity contribution in [2.45, 2.75) is 20.8 Å². The fourth-order valence-electron chi connectivity index (χ4n) is 1.74. The number of ketones is 1. The van der Waals surface area contributed by atoms with E-state index in [4.69, 9.17) is 0 Å². The van der Waals surface area contributed by atoms with Gasteiger partial charge in [-0.2, -0.15) is 0 Å². The first-order chi connectivity index (χ1) is 8.47. The topological polar surface area (TPSA) is 17.1 Å². The van der Waals surface area contributed by atoms with Gasteiger partial charge in [-0.15, -0.1) is 0 Å². The van der Waals surface area contributed by atoms with E-state index in [1.807, 2.05) is 63.2 Å². The van der Waals surface area contributed by atoms with Gasteiger partial charge in [0.15, 0.2) is 0 Å². The summed E-state index contributed by atoms with van der Waals surface area (Å²) in [5, 5.41) is 2.04. The van der Waals surface area contributed by atoms with Gasteiger partial charge in [-0.05, 0) is 43.5 Å². The molecular formula is C17H16O. The van der Waals surface area contributed by atoms with E-state index in [-0.39, 0.29) is 11.2 Å². The third-order valence-corrected chi connectivity index (χ3v) is 2.59. The zero-order chi connectivity index (χ0) is 13.2. The first kappa shape index (κ1) is 12.4. The Morgan fingerprint density at radius 1 is 1.00 bits per heavy atom. The number of carbonyl (C=O) groups is 1. The lowest BCUT2D eigenvalue weighted by atomic mass is 9.96. The Labute approximate surface area is 108 Å². The minimum absolute atomic E-state index is 0.110. The van der Waals surface area contributed by atoms with Gasteiger partial charge in [0.05, 0.1) is 0 Å². The molecule has 1 nitrogen and oxygen atoms in total. The van der Waals surface area contributed by atoms with E-state index in [0.29, 0.717) is 5.56 Å². The molecule has 0 aliphatic heterocycles. The molecule has 0 spiro atoms. The summed E-state index contributed by atoms with van der Waals surface area (Å²) in [5.74, 6) is 5.62. The van der Waals surface area contributed by atoms with Crippen molar-refractivity contribution in [3.05, 3.63) is 48.0 Å². The summed E-state index contributed by atoms with van der Waals surface area (Å²) in [5.41, 5.74) is 0.533. The van der Waals surface area contributed by atoms with E-state index in [2.05, 4.69) is 11.8 Å². The van der Waals surface area contributed by atoms with Crippen LogP contribution >= 0.6 is 0 Å². The fourth-order valence-corrected chi connectivity index (χ4v) is 1.74. The predicted octanol–water partition coefficient (Wildman–Crippen LogP) is 4.07.